The largest absolute Gasteiger partial charge is 2.00 e. The fraction of sp³-hybridized carbons (Fsp3) is 0.462. The van der Waals surface area contributed by atoms with Gasteiger partial charge in [-0.2, -0.15) is 0 Å². The van der Waals surface area contributed by atoms with Gasteiger partial charge in [0.05, 0.1) is 0 Å². The molecule has 0 radical (unpaired) electrons. The van der Waals surface area contributed by atoms with Crippen LogP contribution in [0, 0.1) is 7.43 Å². The van der Waals surface area contributed by atoms with Crippen molar-refractivity contribution in [3.8, 4) is 5.75 Å². The van der Waals surface area contributed by atoms with Gasteiger partial charge in [-0.15, -0.1) is 37.9 Å². The third-order valence-electron chi connectivity index (χ3n) is 2.13. The molecule has 3 N–H and O–H groups in total. The van der Waals surface area contributed by atoms with E-state index in [0.29, 0.717) is 5.75 Å². The van der Waals surface area contributed by atoms with Gasteiger partial charge in [0.15, 0.2) is 0 Å². The number of benzene rings is 1. The zero-order valence-corrected chi connectivity index (χ0v) is 15.0. The average Bonchev–Trinajstić information content (AvgIpc) is 2.46. The molecular weight excluding hydrogens is 333 g/mol. The van der Waals surface area contributed by atoms with Crippen LogP contribution >= 0.6 is 24.8 Å². The third kappa shape index (κ3) is 18.2. The summed E-state index contributed by atoms with van der Waals surface area (Å²) >= 11 is 0. The summed E-state index contributed by atoms with van der Waals surface area (Å²) < 4.78 is 0. The second-order valence-corrected chi connectivity index (χ2v) is 3.51. The molecule has 0 atom stereocenters. The molecule has 20 heavy (non-hydrogen) atoms. The summed E-state index contributed by atoms with van der Waals surface area (Å²) in [5.74, 6) is 0.322. The van der Waals surface area contributed by atoms with Crippen LogP contribution in [0.4, 0.5) is 0 Å². The van der Waals surface area contributed by atoms with Crippen molar-refractivity contribution in [2.24, 2.45) is 0 Å². The Morgan fingerprint density at radius 2 is 1.30 bits per heavy atom. The molecule has 2 rings (SSSR count). The Bertz CT molecular complexity index is 241. The molecule has 0 amide bonds. The molecule has 116 valence electrons. The summed E-state index contributed by atoms with van der Waals surface area (Å²) in [6.45, 7) is 6.19. The van der Waals surface area contributed by atoms with Gasteiger partial charge >= 0.3 is 21.7 Å². The van der Waals surface area contributed by atoms with Crippen LogP contribution in [0.1, 0.15) is 0 Å². The van der Waals surface area contributed by atoms with Gasteiger partial charge in [-0.05, 0) is 25.2 Å². The van der Waals surface area contributed by atoms with Crippen LogP contribution in [-0.4, -0.2) is 44.4 Å². The molecule has 0 saturated carbocycles. The smallest absolute Gasteiger partial charge is 0.660 e. The van der Waals surface area contributed by atoms with E-state index in [1.54, 1.807) is 24.3 Å². The summed E-state index contributed by atoms with van der Waals surface area (Å²) in [5, 5.41) is 19.4. The Morgan fingerprint density at radius 1 is 0.850 bits per heavy atom. The first kappa shape index (κ1) is 28.4. The number of phenols is 1. The Labute approximate surface area is 150 Å². The van der Waals surface area contributed by atoms with E-state index in [1.165, 1.54) is 0 Å². The summed E-state index contributed by atoms with van der Waals surface area (Å²) in [6, 6.07) is 8.71. The molecule has 1 fully saturated rings. The maximum absolute atomic E-state index is 8.63. The van der Waals surface area contributed by atoms with Crippen molar-refractivity contribution in [2.45, 2.75) is 0 Å². The van der Waals surface area contributed by atoms with Gasteiger partial charge in [-0.25, -0.2) is 0 Å². The second kappa shape index (κ2) is 21.5. The number of aromatic hydroxyl groups is 1. The van der Waals surface area contributed by atoms with Crippen molar-refractivity contribution < 1.29 is 26.8 Å². The summed E-state index contributed by atoms with van der Waals surface area (Å²) in [6.07, 6.45) is 0. The van der Waals surface area contributed by atoms with Crippen molar-refractivity contribution in [3.63, 3.8) is 0 Å². The van der Waals surface area contributed by atoms with Crippen LogP contribution in [0.15, 0.2) is 30.3 Å². The van der Waals surface area contributed by atoms with Gasteiger partial charge in [0, 0.05) is 13.1 Å². The summed E-state index contributed by atoms with van der Waals surface area (Å²) in [4.78, 5) is 0. The van der Waals surface area contributed by atoms with Gasteiger partial charge in [-0.1, -0.05) is 18.2 Å². The molecule has 1 aliphatic heterocycles. The Morgan fingerprint density at radius 3 is 1.65 bits per heavy atom. The maximum atomic E-state index is 8.63. The van der Waals surface area contributed by atoms with Gasteiger partial charge < -0.3 is 28.5 Å². The maximum Gasteiger partial charge on any atom is 2.00 e. The van der Waals surface area contributed by atoms with Crippen LogP contribution in [-0.2, 0) is 21.7 Å². The van der Waals surface area contributed by atoms with Gasteiger partial charge in [0.2, 0.25) is 0 Å². The Hall–Kier alpha value is 0.194. The van der Waals surface area contributed by atoms with Crippen LogP contribution in [0.25, 0.3) is 5.32 Å². The molecule has 1 aromatic carbocycles. The predicted molar refractivity (Wildman–Crippen MR) is 87.8 cm³/mol. The van der Waals surface area contributed by atoms with Crippen molar-refractivity contribution in [1.82, 2.24) is 10.6 Å². The van der Waals surface area contributed by atoms with Crippen LogP contribution in [0.3, 0.4) is 0 Å². The number of phenolic OH excluding ortho intramolecular Hbond substituents is 1. The van der Waals surface area contributed by atoms with Crippen LogP contribution < -0.4 is 10.6 Å². The van der Waals surface area contributed by atoms with Crippen molar-refractivity contribution >= 4 is 24.8 Å². The average molecular weight is 358 g/mol. The molecular formula is C13H25Cl2N3OTi. The SMILES string of the molecule is C1CNCCNCC[N-]1.Cl.Cl.Oc1ccccc1.[CH3-].[Ti+2]. The van der Waals surface area contributed by atoms with Gasteiger partial charge in [0.25, 0.3) is 0 Å². The van der Waals surface area contributed by atoms with Crippen LogP contribution in [0.2, 0.25) is 0 Å². The molecule has 1 aliphatic rings. The normalized spacial score (nSPS) is 13.8. The van der Waals surface area contributed by atoms with E-state index in [9.17, 15) is 0 Å². The number of hydrogen-bond acceptors (Lipinski definition) is 3. The fourth-order valence-electron chi connectivity index (χ4n) is 1.28. The third-order valence-corrected chi connectivity index (χ3v) is 2.13. The monoisotopic (exact) mass is 357 g/mol. The van der Waals surface area contributed by atoms with E-state index >= 15 is 0 Å². The van der Waals surface area contributed by atoms with E-state index < -0.39 is 0 Å². The number of halogens is 2. The van der Waals surface area contributed by atoms with E-state index in [2.05, 4.69) is 16.0 Å². The molecule has 0 unspecified atom stereocenters. The molecule has 0 aromatic heterocycles. The minimum Gasteiger partial charge on any atom is -0.660 e. The second-order valence-electron chi connectivity index (χ2n) is 3.51. The predicted octanol–water partition coefficient (Wildman–Crippen LogP) is 2.24. The molecule has 1 heterocycles. The van der Waals surface area contributed by atoms with E-state index in [0.717, 1.165) is 39.3 Å². The first-order chi connectivity index (χ1) is 7.89. The zero-order chi connectivity index (χ0) is 11.5. The number of nitrogens with zero attached hydrogens (tertiary/aromatic N) is 1. The minimum absolute atomic E-state index is 0. The first-order valence-corrected chi connectivity index (χ1v) is 5.68. The fourth-order valence-corrected chi connectivity index (χ4v) is 1.28. The molecule has 1 aromatic rings. The Balaban J connectivity index is -0.000000109. The number of para-hydroxylation sites is 1. The molecule has 1 saturated heterocycles. The first-order valence-electron chi connectivity index (χ1n) is 5.68. The molecule has 0 bridgehead atoms. The van der Waals surface area contributed by atoms with E-state index in [4.69, 9.17) is 5.11 Å². The van der Waals surface area contributed by atoms with Gasteiger partial charge in [-0.3, -0.25) is 0 Å². The molecule has 4 nitrogen and oxygen atoms in total. The van der Waals surface area contributed by atoms with Crippen molar-refractivity contribution in [1.29, 1.82) is 0 Å². The van der Waals surface area contributed by atoms with E-state index in [-0.39, 0.29) is 54.0 Å². The quantitative estimate of drug-likeness (QED) is 0.493. The van der Waals surface area contributed by atoms with Crippen molar-refractivity contribution in [2.75, 3.05) is 39.3 Å². The summed E-state index contributed by atoms with van der Waals surface area (Å²) in [7, 11) is 0. The van der Waals surface area contributed by atoms with Crippen molar-refractivity contribution in [3.05, 3.63) is 43.1 Å². The number of rotatable bonds is 0. The molecule has 0 aliphatic carbocycles. The molecule has 0 spiro atoms. The Kier molecular flexibility index (Phi) is 30.5. The molecule has 7 heteroatoms. The number of hydrogen-bond donors (Lipinski definition) is 3. The van der Waals surface area contributed by atoms with Crippen LogP contribution in [0.5, 0.6) is 5.75 Å². The van der Waals surface area contributed by atoms with E-state index in [1.807, 2.05) is 6.07 Å². The topological polar surface area (TPSA) is 58.4 Å². The zero-order valence-electron chi connectivity index (χ0n) is 11.8. The number of nitrogens with one attached hydrogen (secondary N) is 2. The van der Waals surface area contributed by atoms with Gasteiger partial charge in [0.1, 0.15) is 5.75 Å². The summed E-state index contributed by atoms with van der Waals surface area (Å²) in [5.41, 5.74) is 0. The minimum atomic E-state index is 0. The standard InChI is InChI=1S/C6H14N3.C6H6O.CH3.2ClH.Ti/c1-2-8-5-6-9-4-3-7-1;7-6-4-2-1-3-5-6;;;;/h7-8H,1-6H2;1-5,7H;1H3;2*1H;/q-1;;-1;;;+2.